The minimum absolute atomic E-state index is 0.0480. The van der Waals surface area contributed by atoms with Crippen LogP contribution in [-0.2, 0) is 5.75 Å². The number of carbonyl (C=O) groups is 1. The van der Waals surface area contributed by atoms with Gasteiger partial charge in [-0.3, -0.25) is 9.79 Å². The number of thioether (sulfide) groups is 1. The van der Waals surface area contributed by atoms with E-state index in [-0.39, 0.29) is 5.91 Å². The summed E-state index contributed by atoms with van der Waals surface area (Å²) in [5, 5.41) is 6.83. The Balaban J connectivity index is 1.98. The van der Waals surface area contributed by atoms with Crippen LogP contribution >= 0.6 is 11.8 Å². The molecule has 0 atom stereocenters. The molecule has 0 bridgehead atoms. The van der Waals surface area contributed by atoms with Crippen LogP contribution in [-0.4, -0.2) is 31.2 Å². The van der Waals surface area contributed by atoms with Gasteiger partial charge in [0.05, 0.1) is 6.54 Å². The fraction of sp³-hybridized carbons (Fsp3) is 0.333. The topological polar surface area (TPSA) is 53.5 Å². The lowest BCUT2D eigenvalue weighted by Crippen LogP contribution is -2.18. The number of amidine groups is 1. The number of carbonyl (C=O) groups excluding carboxylic acids is 1. The number of hydrogen-bond donors (Lipinski definition) is 2. The van der Waals surface area contributed by atoms with Crippen LogP contribution in [0.1, 0.15) is 15.9 Å². The van der Waals surface area contributed by atoms with Crippen molar-refractivity contribution in [1.29, 1.82) is 0 Å². The van der Waals surface area contributed by atoms with Crippen molar-refractivity contribution in [1.82, 2.24) is 10.6 Å². The number of hydrogen-bond acceptors (Lipinski definition) is 4. The lowest BCUT2D eigenvalue weighted by atomic mass is 10.1. The molecule has 2 rings (SSSR count). The van der Waals surface area contributed by atoms with Gasteiger partial charge in [-0.05, 0) is 17.7 Å². The van der Waals surface area contributed by atoms with E-state index in [9.17, 15) is 4.79 Å². The van der Waals surface area contributed by atoms with Crippen molar-refractivity contribution in [3.8, 4) is 0 Å². The summed E-state index contributed by atoms with van der Waals surface area (Å²) in [7, 11) is 1.64. The normalized spacial score (nSPS) is 14.1. The summed E-state index contributed by atoms with van der Waals surface area (Å²) < 4.78 is 0. The highest BCUT2D eigenvalue weighted by atomic mass is 32.2. The standard InChI is InChI=1S/C12H15N3OS/c1-13-11(16)10-4-2-3-9(7-10)8-17-12-14-5-6-15-12/h2-4,7H,5-6,8H2,1H3,(H,13,16)(H,14,15). The summed E-state index contributed by atoms with van der Waals surface area (Å²) in [6, 6.07) is 7.67. The lowest BCUT2D eigenvalue weighted by molar-refractivity contribution is 0.0963. The molecule has 1 aliphatic rings. The number of nitrogens with zero attached hydrogens (tertiary/aromatic N) is 1. The van der Waals surface area contributed by atoms with Gasteiger partial charge in [-0.25, -0.2) is 0 Å². The average molecular weight is 249 g/mol. The first-order valence-electron chi connectivity index (χ1n) is 5.52. The van der Waals surface area contributed by atoms with E-state index in [0.717, 1.165) is 29.6 Å². The van der Waals surface area contributed by atoms with Gasteiger partial charge >= 0.3 is 0 Å². The second kappa shape index (κ2) is 5.72. The van der Waals surface area contributed by atoms with Crippen molar-refractivity contribution in [2.75, 3.05) is 20.1 Å². The van der Waals surface area contributed by atoms with Gasteiger partial charge in [0, 0.05) is 24.9 Å². The highest BCUT2D eigenvalue weighted by Gasteiger charge is 2.07. The third kappa shape index (κ3) is 3.23. The molecule has 2 N–H and O–H groups in total. The van der Waals surface area contributed by atoms with E-state index in [0.29, 0.717) is 5.56 Å². The van der Waals surface area contributed by atoms with Gasteiger partial charge in [0.1, 0.15) is 0 Å². The zero-order chi connectivity index (χ0) is 12.1. The van der Waals surface area contributed by atoms with Crippen molar-refractivity contribution in [2.24, 2.45) is 4.99 Å². The van der Waals surface area contributed by atoms with Crippen LogP contribution < -0.4 is 10.6 Å². The number of amides is 1. The summed E-state index contributed by atoms with van der Waals surface area (Å²) in [4.78, 5) is 15.8. The van der Waals surface area contributed by atoms with Gasteiger partial charge in [0.25, 0.3) is 5.91 Å². The summed E-state index contributed by atoms with van der Waals surface area (Å²) in [5.74, 6) is 0.782. The third-order valence-electron chi connectivity index (χ3n) is 2.44. The molecule has 0 aliphatic carbocycles. The van der Waals surface area contributed by atoms with Gasteiger partial charge in [-0.15, -0.1) is 0 Å². The predicted molar refractivity (Wildman–Crippen MR) is 71.4 cm³/mol. The second-order valence-corrected chi connectivity index (χ2v) is 4.65. The summed E-state index contributed by atoms with van der Waals surface area (Å²) >= 11 is 1.67. The van der Waals surface area contributed by atoms with Crippen LogP contribution in [0.5, 0.6) is 0 Å². The molecule has 4 nitrogen and oxygen atoms in total. The Bertz CT molecular complexity index is 445. The second-order valence-electron chi connectivity index (χ2n) is 3.68. The van der Waals surface area contributed by atoms with Crippen molar-refractivity contribution < 1.29 is 4.79 Å². The summed E-state index contributed by atoms with van der Waals surface area (Å²) in [5.41, 5.74) is 1.83. The molecule has 0 radical (unpaired) electrons. The minimum Gasteiger partial charge on any atom is -0.363 e. The number of rotatable bonds is 3. The van der Waals surface area contributed by atoms with E-state index in [1.807, 2.05) is 24.3 Å². The molecular formula is C12H15N3OS. The minimum atomic E-state index is -0.0480. The molecule has 1 amide bonds. The van der Waals surface area contributed by atoms with Crippen LogP contribution in [0, 0.1) is 0 Å². The van der Waals surface area contributed by atoms with Crippen LogP contribution in [0.15, 0.2) is 29.3 Å². The Labute approximate surface area is 105 Å². The Morgan fingerprint density at radius 1 is 1.59 bits per heavy atom. The Morgan fingerprint density at radius 3 is 3.18 bits per heavy atom. The molecule has 5 heteroatoms. The Morgan fingerprint density at radius 2 is 2.47 bits per heavy atom. The molecule has 0 saturated heterocycles. The van der Waals surface area contributed by atoms with Crippen molar-refractivity contribution in [3.05, 3.63) is 35.4 Å². The monoisotopic (exact) mass is 249 g/mol. The van der Waals surface area contributed by atoms with Crippen LogP contribution in [0.3, 0.4) is 0 Å². The van der Waals surface area contributed by atoms with E-state index < -0.39 is 0 Å². The fourth-order valence-electron chi connectivity index (χ4n) is 1.57. The molecule has 0 aromatic heterocycles. The van der Waals surface area contributed by atoms with Crippen LogP contribution in [0.25, 0.3) is 0 Å². The molecule has 17 heavy (non-hydrogen) atoms. The summed E-state index contributed by atoms with van der Waals surface area (Å²) in [6.07, 6.45) is 0. The van der Waals surface area contributed by atoms with Crippen LogP contribution in [0.2, 0.25) is 0 Å². The largest absolute Gasteiger partial charge is 0.363 e. The zero-order valence-corrected chi connectivity index (χ0v) is 10.5. The molecule has 0 unspecified atom stereocenters. The molecule has 0 saturated carbocycles. The number of aliphatic imine (C=N–C) groups is 1. The van der Waals surface area contributed by atoms with Gasteiger partial charge in [0.2, 0.25) is 0 Å². The van der Waals surface area contributed by atoms with E-state index >= 15 is 0 Å². The van der Waals surface area contributed by atoms with Gasteiger partial charge in [-0.1, -0.05) is 23.9 Å². The first-order valence-corrected chi connectivity index (χ1v) is 6.50. The lowest BCUT2D eigenvalue weighted by Gasteiger charge is -2.04. The maximum absolute atomic E-state index is 11.5. The molecule has 0 spiro atoms. The highest BCUT2D eigenvalue weighted by molar-refractivity contribution is 8.13. The van der Waals surface area contributed by atoms with E-state index in [1.165, 1.54) is 0 Å². The van der Waals surface area contributed by atoms with Gasteiger partial charge in [-0.2, -0.15) is 0 Å². The van der Waals surface area contributed by atoms with Gasteiger partial charge in [0.15, 0.2) is 5.17 Å². The predicted octanol–water partition coefficient (Wildman–Crippen LogP) is 1.24. The molecule has 1 aromatic rings. The van der Waals surface area contributed by atoms with Crippen molar-refractivity contribution in [3.63, 3.8) is 0 Å². The van der Waals surface area contributed by atoms with Crippen LogP contribution in [0.4, 0.5) is 0 Å². The van der Waals surface area contributed by atoms with E-state index in [2.05, 4.69) is 15.6 Å². The Hall–Kier alpha value is -1.49. The maximum Gasteiger partial charge on any atom is 0.251 e. The first-order chi connectivity index (χ1) is 8.29. The molecule has 1 aromatic carbocycles. The first kappa shape index (κ1) is 12.0. The zero-order valence-electron chi connectivity index (χ0n) is 9.69. The number of benzene rings is 1. The SMILES string of the molecule is CNC(=O)c1cccc(CSC2=NCCN2)c1. The highest BCUT2D eigenvalue weighted by Crippen LogP contribution is 2.15. The number of nitrogens with one attached hydrogen (secondary N) is 2. The smallest absolute Gasteiger partial charge is 0.251 e. The average Bonchev–Trinajstić information content (AvgIpc) is 2.89. The van der Waals surface area contributed by atoms with Crippen molar-refractivity contribution in [2.45, 2.75) is 5.75 Å². The van der Waals surface area contributed by atoms with Crippen molar-refractivity contribution >= 4 is 22.8 Å². The Kier molecular flexibility index (Phi) is 4.03. The fourth-order valence-corrected chi connectivity index (χ4v) is 2.44. The maximum atomic E-state index is 11.5. The van der Waals surface area contributed by atoms with Gasteiger partial charge < -0.3 is 10.6 Å². The molecule has 0 fully saturated rings. The van der Waals surface area contributed by atoms with E-state index in [1.54, 1.807) is 18.8 Å². The van der Waals surface area contributed by atoms with E-state index in [4.69, 9.17) is 0 Å². The molecule has 90 valence electrons. The third-order valence-corrected chi connectivity index (χ3v) is 3.46. The summed E-state index contributed by atoms with van der Waals surface area (Å²) in [6.45, 7) is 1.79. The molecule has 1 aliphatic heterocycles. The molecular weight excluding hydrogens is 234 g/mol. The quantitative estimate of drug-likeness (QED) is 0.847. The molecule has 1 heterocycles.